The van der Waals surface area contributed by atoms with Crippen molar-refractivity contribution >= 4 is 11.9 Å². The van der Waals surface area contributed by atoms with Gasteiger partial charge in [0.25, 0.3) is 0 Å². The molecule has 310 valence electrons. The van der Waals surface area contributed by atoms with E-state index in [2.05, 4.69) is 41.5 Å². The number of hydrogen-bond donors (Lipinski definition) is 0. The van der Waals surface area contributed by atoms with E-state index in [-0.39, 0.29) is 37.0 Å². The van der Waals surface area contributed by atoms with Crippen LogP contribution in [0.3, 0.4) is 0 Å². The molecule has 0 aromatic carbocycles. The fraction of sp³-hybridized carbons (Fsp3) is 0.958. The molecule has 0 fully saturated rings. The van der Waals surface area contributed by atoms with Crippen LogP contribution in [0.1, 0.15) is 273 Å². The Kier molecular flexibility index (Phi) is 38.8. The van der Waals surface area contributed by atoms with E-state index in [9.17, 15) is 9.59 Å². The van der Waals surface area contributed by atoms with Crippen LogP contribution in [0.25, 0.3) is 0 Å². The molecule has 0 amide bonds. The fourth-order valence-electron chi connectivity index (χ4n) is 7.76. The highest BCUT2D eigenvalue weighted by Crippen LogP contribution is 2.25. The first-order valence-corrected chi connectivity index (χ1v) is 23.8. The third-order valence-electron chi connectivity index (χ3n) is 11.6. The molecule has 0 aromatic heterocycles. The molecule has 0 spiro atoms. The molecule has 0 aromatic rings. The van der Waals surface area contributed by atoms with Crippen molar-refractivity contribution < 1.29 is 19.1 Å². The first-order valence-electron chi connectivity index (χ1n) is 23.8. The summed E-state index contributed by atoms with van der Waals surface area (Å²) in [6.07, 6.45) is 43.1. The number of unbranched alkanes of at least 4 members (excludes halogenated alkanes) is 26. The van der Waals surface area contributed by atoms with Crippen molar-refractivity contribution in [2.45, 2.75) is 285 Å². The van der Waals surface area contributed by atoms with Gasteiger partial charge < -0.3 is 9.47 Å². The Morgan fingerprint density at radius 3 is 0.788 bits per heavy atom. The molecule has 0 radical (unpaired) electrons. The number of ether oxygens (including phenoxy) is 2. The van der Waals surface area contributed by atoms with E-state index in [4.69, 9.17) is 9.47 Å². The molecule has 4 atom stereocenters. The number of carbonyl (C=O) groups is 2. The summed E-state index contributed by atoms with van der Waals surface area (Å²) in [4.78, 5) is 26.3. The summed E-state index contributed by atoms with van der Waals surface area (Å²) in [5.41, 5.74) is 0. The first kappa shape index (κ1) is 50.9. The van der Waals surface area contributed by atoms with Gasteiger partial charge in [0.05, 0.1) is 12.8 Å². The van der Waals surface area contributed by atoms with Crippen LogP contribution >= 0.6 is 0 Å². The van der Waals surface area contributed by atoms with Crippen LogP contribution in [0.2, 0.25) is 0 Å². The van der Waals surface area contributed by atoms with Crippen molar-refractivity contribution in [1.82, 2.24) is 0 Å². The van der Waals surface area contributed by atoms with E-state index in [0.29, 0.717) is 11.8 Å². The molecule has 0 N–H and O–H groups in total. The van der Waals surface area contributed by atoms with Gasteiger partial charge in [-0.3, -0.25) is 9.59 Å². The molecule has 0 aliphatic rings. The summed E-state index contributed by atoms with van der Waals surface area (Å²) in [5.74, 6) is 0.283. The normalized spacial score (nSPS) is 13.9. The Hall–Kier alpha value is -1.06. The van der Waals surface area contributed by atoms with E-state index < -0.39 is 0 Å². The van der Waals surface area contributed by atoms with Gasteiger partial charge in [-0.15, -0.1) is 0 Å². The Balaban J connectivity index is 4.93. The Morgan fingerprint density at radius 1 is 0.327 bits per heavy atom. The quantitative estimate of drug-likeness (QED) is 0.0463. The van der Waals surface area contributed by atoms with Crippen LogP contribution in [-0.2, 0) is 19.1 Å². The largest absolute Gasteiger partial charge is 0.462 e. The molecule has 4 unspecified atom stereocenters. The SMILES string of the molecule is CCCCCCCCCCC(C)C(CCCCCCCCC)OC(=O)CCC(=O)OC(CCCCCCCCC)C(C)CCCCCCCCCC. The van der Waals surface area contributed by atoms with Gasteiger partial charge in [0.2, 0.25) is 0 Å². The zero-order valence-electron chi connectivity index (χ0n) is 36.4. The van der Waals surface area contributed by atoms with E-state index in [0.717, 1.165) is 38.5 Å². The summed E-state index contributed by atoms with van der Waals surface area (Å²) >= 11 is 0. The van der Waals surface area contributed by atoms with Crippen molar-refractivity contribution in [3.05, 3.63) is 0 Å². The smallest absolute Gasteiger partial charge is 0.306 e. The summed E-state index contributed by atoms with van der Waals surface area (Å²) in [7, 11) is 0. The maximum Gasteiger partial charge on any atom is 0.306 e. The lowest BCUT2D eigenvalue weighted by Crippen LogP contribution is -2.27. The fourth-order valence-corrected chi connectivity index (χ4v) is 7.76. The third kappa shape index (κ3) is 33.5. The second-order valence-corrected chi connectivity index (χ2v) is 16.9. The highest BCUT2D eigenvalue weighted by molar-refractivity contribution is 5.77. The number of carbonyl (C=O) groups excluding carboxylic acids is 2. The van der Waals surface area contributed by atoms with Crippen molar-refractivity contribution in [2.24, 2.45) is 11.8 Å². The molecular formula is C48H94O4. The monoisotopic (exact) mass is 735 g/mol. The minimum atomic E-state index is -0.219. The van der Waals surface area contributed by atoms with Crippen LogP contribution < -0.4 is 0 Å². The molecule has 4 nitrogen and oxygen atoms in total. The van der Waals surface area contributed by atoms with E-state index in [1.165, 1.54) is 180 Å². The van der Waals surface area contributed by atoms with Crippen LogP contribution in [-0.4, -0.2) is 24.1 Å². The van der Waals surface area contributed by atoms with Gasteiger partial charge in [-0.2, -0.15) is 0 Å². The minimum Gasteiger partial charge on any atom is -0.462 e. The molecule has 0 saturated heterocycles. The predicted molar refractivity (Wildman–Crippen MR) is 227 cm³/mol. The van der Waals surface area contributed by atoms with Crippen LogP contribution in [0.5, 0.6) is 0 Å². The maximum absolute atomic E-state index is 13.2. The maximum atomic E-state index is 13.2. The lowest BCUT2D eigenvalue weighted by atomic mass is 9.92. The summed E-state index contributed by atoms with van der Waals surface area (Å²) in [5, 5.41) is 0. The summed E-state index contributed by atoms with van der Waals surface area (Å²) in [6, 6.07) is 0. The van der Waals surface area contributed by atoms with Gasteiger partial charge in [0.1, 0.15) is 12.2 Å². The summed E-state index contributed by atoms with van der Waals surface area (Å²) < 4.78 is 12.3. The molecule has 0 bridgehead atoms. The lowest BCUT2D eigenvalue weighted by molar-refractivity contribution is -0.159. The van der Waals surface area contributed by atoms with Gasteiger partial charge in [-0.1, -0.05) is 221 Å². The molecule has 4 heteroatoms. The third-order valence-corrected chi connectivity index (χ3v) is 11.6. The Morgan fingerprint density at radius 2 is 0.538 bits per heavy atom. The van der Waals surface area contributed by atoms with Crippen LogP contribution in [0.15, 0.2) is 0 Å². The Labute approximate surface area is 326 Å². The highest BCUT2D eigenvalue weighted by atomic mass is 16.6. The standard InChI is InChI=1S/C48H94O4/c1-7-11-15-19-23-27-29-33-37-43(5)45(39-35-31-25-21-17-13-9-3)51-47(49)41-42-48(50)52-46(40-36-32-26-22-18-14-10-4)44(6)38-34-30-28-24-20-16-12-8-2/h43-46H,7-42H2,1-6H3. The van der Waals surface area contributed by atoms with Gasteiger partial charge in [0, 0.05) is 0 Å². The van der Waals surface area contributed by atoms with Gasteiger partial charge in [0.15, 0.2) is 0 Å². The van der Waals surface area contributed by atoms with E-state index >= 15 is 0 Å². The molecule has 0 aliphatic heterocycles. The molecule has 0 saturated carbocycles. The van der Waals surface area contributed by atoms with E-state index in [1.807, 2.05) is 0 Å². The van der Waals surface area contributed by atoms with Gasteiger partial charge in [-0.05, 0) is 50.4 Å². The van der Waals surface area contributed by atoms with Crippen LogP contribution in [0.4, 0.5) is 0 Å². The van der Waals surface area contributed by atoms with Crippen molar-refractivity contribution in [1.29, 1.82) is 0 Å². The summed E-state index contributed by atoms with van der Waals surface area (Å²) in [6.45, 7) is 13.6. The second kappa shape index (κ2) is 39.6. The van der Waals surface area contributed by atoms with Gasteiger partial charge >= 0.3 is 11.9 Å². The average molecular weight is 735 g/mol. The first-order chi connectivity index (χ1) is 25.4. The van der Waals surface area contributed by atoms with Crippen molar-refractivity contribution in [2.75, 3.05) is 0 Å². The lowest BCUT2D eigenvalue weighted by Gasteiger charge is -2.25. The second-order valence-electron chi connectivity index (χ2n) is 16.9. The average Bonchev–Trinajstić information content (AvgIpc) is 3.14. The topological polar surface area (TPSA) is 52.6 Å². The zero-order valence-corrected chi connectivity index (χ0v) is 36.4. The predicted octanol–water partition coefficient (Wildman–Crippen LogP) is 16.2. The molecule has 52 heavy (non-hydrogen) atoms. The Bertz CT molecular complexity index is 689. The highest BCUT2D eigenvalue weighted by Gasteiger charge is 2.24. The van der Waals surface area contributed by atoms with E-state index in [1.54, 1.807) is 0 Å². The molecule has 0 aliphatic carbocycles. The van der Waals surface area contributed by atoms with Crippen molar-refractivity contribution in [3.8, 4) is 0 Å². The number of hydrogen-bond acceptors (Lipinski definition) is 4. The minimum absolute atomic E-state index is 0.0412. The van der Waals surface area contributed by atoms with Crippen molar-refractivity contribution in [3.63, 3.8) is 0 Å². The molecule has 0 rings (SSSR count). The molecule has 0 heterocycles. The molecular weight excluding hydrogens is 641 g/mol. The van der Waals surface area contributed by atoms with Crippen LogP contribution in [0, 0.1) is 11.8 Å². The van der Waals surface area contributed by atoms with Gasteiger partial charge in [-0.25, -0.2) is 0 Å². The number of rotatable bonds is 41. The zero-order chi connectivity index (χ0) is 38.3. The number of esters is 2.